The van der Waals surface area contributed by atoms with Gasteiger partial charge < -0.3 is 5.73 Å². The van der Waals surface area contributed by atoms with Crippen LogP contribution in [0.4, 0.5) is 0 Å². The summed E-state index contributed by atoms with van der Waals surface area (Å²) in [5, 5.41) is 4.15. The summed E-state index contributed by atoms with van der Waals surface area (Å²) in [7, 11) is 1.98. The number of hydrogen-bond donors (Lipinski definition) is 1. The SMILES string of the molecule is Cn1nccc1CCC(N)CSC(C)(C)C. The third kappa shape index (κ3) is 5.03. The Morgan fingerprint density at radius 2 is 2.19 bits per heavy atom. The lowest BCUT2D eigenvalue weighted by molar-refractivity contribution is 0.627. The molecular formula is C12H23N3S. The molecule has 0 spiro atoms. The molecule has 1 aromatic heterocycles. The molecule has 0 aliphatic rings. The summed E-state index contributed by atoms with van der Waals surface area (Å²) in [5.41, 5.74) is 7.36. The highest BCUT2D eigenvalue weighted by atomic mass is 32.2. The fourth-order valence-electron chi connectivity index (χ4n) is 1.42. The van der Waals surface area contributed by atoms with Gasteiger partial charge in [-0.05, 0) is 18.9 Å². The minimum atomic E-state index is 0.277. The summed E-state index contributed by atoms with van der Waals surface area (Å²) >= 11 is 1.94. The molecule has 16 heavy (non-hydrogen) atoms. The van der Waals surface area contributed by atoms with Crippen molar-refractivity contribution >= 4 is 11.8 Å². The smallest absolute Gasteiger partial charge is 0.0492 e. The van der Waals surface area contributed by atoms with E-state index in [2.05, 4.69) is 31.9 Å². The lowest BCUT2D eigenvalue weighted by atomic mass is 10.1. The number of thioether (sulfide) groups is 1. The Hall–Kier alpha value is -0.480. The molecule has 92 valence electrons. The first-order chi connectivity index (χ1) is 7.38. The number of hydrogen-bond acceptors (Lipinski definition) is 3. The van der Waals surface area contributed by atoms with Crippen molar-refractivity contribution in [1.82, 2.24) is 9.78 Å². The number of rotatable bonds is 5. The molecule has 1 aromatic rings. The minimum absolute atomic E-state index is 0.277. The second-order valence-electron chi connectivity index (χ2n) is 5.17. The third-order valence-corrected chi connectivity index (χ3v) is 3.88. The van der Waals surface area contributed by atoms with Crippen LogP contribution in [0.5, 0.6) is 0 Å². The quantitative estimate of drug-likeness (QED) is 0.859. The van der Waals surface area contributed by atoms with Crippen molar-refractivity contribution in [1.29, 1.82) is 0 Å². The van der Waals surface area contributed by atoms with Gasteiger partial charge >= 0.3 is 0 Å². The van der Waals surface area contributed by atoms with E-state index in [0.717, 1.165) is 18.6 Å². The molecule has 2 N–H and O–H groups in total. The molecule has 0 radical (unpaired) electrons. The summed E-state index contributed by atoms with van der Waals surface area (Å²) in [6, 6.07) is 2.34. The van der Waals surface area contributed by atoms with E-state index in [1.807, 2.05) is 29.7 Å². The van der Waals surface area contributed by atoms with Gasteiger partial charge in [0.05, 0.1) is 0 Å². The zero-order chi connectivity index (χ0) is 12.2. The van der Waals surface area contributed by atoms with Crippen molar-refractivity contribution in [3.05, 3.63) is 18.0 Å². The van der Waals surface area contributed by atoms with E-state index in [-0.39, 0.29) is 6.04 Å². The summed E-state index contributed by atoms with van der Waals surface area (Å²) in [6.45, 7) is 6.68. The standard InChI is InChI=1S/C12H23N3S/c1-12(2,3)16-9-10(13)5-6-11-7-8-14-15(11)4/h7-8,10H,5-6,9,13H2,1-4H3. The maximum absolute atomic E-state index is 6.10. The van der Waals surface area contributed by atoms with Crippen LogP contribution in [-0.4, -0.2) is 26.3 Å². The van der Waals surface area contributed by atoms with Crippen LogP contribution in [0.2, 0.25) is 0 Å². The topological polar surface area (TPSA) is 43.8 Å². The number of nitrogens with zero attached hydrogens (tertiary/aromatic N) is 2. The van der Waals surface area contributed by atoms with Crippen LogP contribution in [0.3, 0.4) is 0 Å². The van der Waals surface area contributed by atoms with Gasteiger partial charge in [0.1, 0.15) is 0 Å². The van der Waals surface area contributed by atoms with Gasteiger partial charge in [-0.1, -0.05) is 20.8 Å². The molecule has 1 heterocycles. The molecule has 0 aromatic carbocycles. The average Bonchev–Trinajstić information content (AvgIpc) is 2.57. The Labute approximate surface area is 103 Å². The zero-order valence-electron chi connectivity index (χ0n) is 10.7. The van der Waals surface area contributed by atoms with Crippen molar-refractivity contribution in [2.24, 2.45) is 12.8 Å². The second kappa shape index (κ2) is 5.73. The lowest BCUT2D eigenvalue weighted by Crippen LogP contribution is -2.26. The molecule has 0 aliphatic heterocycles. The Balaban J connectivity index is 2.25. The first-order valence-corrected chi connectivity index (χ1v) is 6.73. The van der Waals surface area contributed by atoms with Gasteiger partial charge in [-0.3, -0.25) is 4.68 Å². The summed E-state index contributed by atoms with van der Waals surface area (Å²) < 4.78 is 2.23. The van der Waals surface area contributed by atoms with Gasteiger partial charge in [0.15, 0.2) is 0 Å². The summed E-state index contributed by atoms with van der Waals surface area (Å²) in [5.74, 6) is 1.03. The fourth-order valence-corrected chi connectivity index (χ4v) is 2.30. The maximum atomic E-state index is 6.10. The molecule has 0 bridgehead atoms. The monoisotopic (exact) mass is 241 g/mol. The van der Waals surface area contributed by atoms with Crippen LogP contribution in [0.1, 0.15) is 32.9 Å². The molecule has 0 aliphatic carbocycles. The molecule has 0 amide bonds. The van der Waals surface area contributed by atoms with Crippen molar-refractivity contribution in [3.63, 3.8) is 0 Å². The predicted molar refractivity (Wildman–Crippen MR) is 71.7 cm³/mol. The van der Waals surface area contributed by atoms with Crippen molar-refractivity contribution in [2.75, 3.05) is 5.75 Å². The molecule has 1 rings (SSSR count). The van der Waals surface area contributed by atoms with E-state index in [4.69, 9.17) is 5.73 Å². The van der Waals surface area contributed by atoms with Crippen LogP contribution in [-0.2, 0) is 13.5 Å². The van der Waals surface area contributed by atoms with Crippen LogP contribution in [0, 0.1) is 0 Å². The highest BCUT2D eigenvalue weighted by Crippen LogP contribution is 2.24. The Kier molecular flexibility index (Phi) is 4.87. The maximum Gasteiger partial charge on any atom is 0.0492 e. The van der Waals surface area contributed by atoms with E-state index >= 15 is 0 Å². The Bertz CT molecular complexity index is 314. The van der Waals surface area contributed by atoms with Gasteiger partial charge in [0.25, 0.3) is 0 Å². The normalized spacial score (nSPS) is 14.1. The predicted octanol–water partition coefficient (Wildman–Crippen LogP) is 2.21. The molecule has 0 saturated carbocycles. The van der Waals surface area contributed by atoms with Crippen LogP contribution in [0.25, 0.3) is 0 Å². The van der Waals surface area contributed by atoms with Gasteiger partial charge in [-0.2, -0.15) is 16.9 Å². The zero-order valence-corrected chi connectivity index (χ0v) is 11.5. The van der Waals surface area contributed by atoms with Crippen LogP contribution < -0.4 is 5.73 Å². The van der Waals surface area contributed by atoms with Gasteiger partial charge in [0, 0.05) is 35.5 Å². The Morgan fingerprint density at radius 3 is 2.69 bits per heavy atom. The van der Waals surface area contributed by atoms with Crippen molar-refractivity contribution in [3.8, 4) is 0 Å². The molecule has 4 heteroatoms. The second-order valence-corrected chi connectivity index (χ2v) is 7.02. The third-order valence-electron chi connectivity index (χ3n) is 2.42. The van der Waals surface area contributed by atoms with E-state index in [9.17, 15) is 0 Å². The summed E-state index contributed by atoms with van der Waals surface area (Å²) in [6.07, 6.45) is 3.88. The van der Waals surface area contributed by atoms with Gasteiger partial charge in [-0.25, -0.2) is 0 Å². The molecule has 1 unspecified atom stereocenters. The highest BCUT2D eigenvalue weighted by molar-refractivity contribution is 8.00. The molecule has 3 nitrogen and oxygen atoms in total. The van der Waals surface area contributed by atoms with E-state index in [0.29, 0.717) is 4.75 Å². The number of aryl methyl sites for hydroxylation is 2. The molecule has 0 fully saturated rings. The Morgan fingerprint density at radius 1 is 1.50 bits per heavy atom. The van der Waals surface area contributed by atoms with Crippen molar-refractivity contribution < 1.29 is 0 Å². The van der Waals surface area contributed by atoms with Crippen molar-refractivity contribution in [2.45, 2.75) is 44.4 Å². The average molecular weight is 241 g/mol. The van der Waals surface area contributed by atoms with Gasteiger partial charge in [-0.15, -0.1) is 0 Å². The lowest BCUT2D eigenvalue weighted by Gasteiger charge is -2.20. The molecular weight excluding hydrogens is 218 g/mol. The van der Waals surface area contributed by atoms with E-state index < -0.39 is 0 Å². The van der Waals surface area contributed by atoms with E-state index in [1.54, 1.807) is 0 Å². The van der Waals surface area contributed by atoms with Crippen LogP contribution >= 0.6 is 11.8 Å². The minimum Gasteiger partial charge on any atom is -0.327 e. The molecule has 0 saturated heterocycles. The number of aromatic nitrogens is 2. The first-order valence-electron chi connectivity index (χ1n) is 5.75. The summed E-state index contributed by atoms with van der Waals surface area (Å²) in [4.78, 5) is 0. The van der Waals surface area contributed by atoms with Crippen LogP contribution in [0.15, 0.2) is 12.3 Å². The number of nitrogens with two attached hydrogens (primary N) is 1. The van der Waals surface area contributed by atoms with Gasteiger partial charge in [0.2, 0.25) is 0 Å². The fraction of sp³-hybridized carbons (Fsp3) is 0.750. The largest absolute Gasteiger partial charge is 0.327 e. The highest BCUT2D eigenvalue weighted by Gasteiger charge is 2.13. The molecule has 1 atom stereocenters. The first kappa shape index (κ1) is 13.6. The van der Waals surface area contributed by atoms with E-state index in [1.165, 1.54) is 5.69 Å².